The molecule has 0 aliphatic heterocycles. The molecule has 0 bridgehead atoms. The van der Waals surface area contributed by atoms with E-state index in [9.17, 15) is 0 Å². The summed E-state index contributed by atoms with van der Waals surface area (Å²) in [7, 11) is 0. The number of aliphatic hydroxyl groups is 1. The normalized spacial score (nSPS) is 14.3. The summed E-state index contributed by atoms with van der Waals surface area (Å²) in [5.74, 6) is 0. The fraction of sp³-hybridized carbons (Fsp3) is 1.00. The van der Waals surface area contributed by atoms with Crippen LogP contribution in [0.25, 0.3) is 0 Å². The molecule has 0 heterocycles. The van der Waals surface area contributed by atoms with Gasteiger partial charge in [0.05, 0.1) is 6.10 Å². The first kappa shape index (κ1) is 8.88. The zero-order valence-corrected chi connectivity index (χ0v) is 6.09. The molecule has 0 amide bonds. The maximum atomic E-state index is 8.92. The van der Waals surface area contributed by atoms with Crippen molar-refractivity contribution in [2.24, 2.45) is 5.73 Å². The first-order chi connectivity index (χ1) is 4.16. The monoisotopic (exact) mass is 132 g/mol. The number of hydrogen-bond acceptors (Lipinski definition) is 3. The first-order valence-corrected chi connectivity index (χ1v) is 3.28. The van der Waals surface area contributed by atoms with Crippen LogP contribution >= 0.6 is 0 Å². The van der Waals surface area contributed by atoms with Gasteiger partial charge < -0.3 is 16.2 Å². The lowest BCUT2D eigenvalue weighted by Gasteiger charge is -2.11. The van der Waals surface area contributed by atoms with Gasteiger partial charge >= 0.3 is 0 Å². The van der Waals surface area contributed by atoms with E-state index in [1.165, 1.54) is 0 Å². The van der Waals surface area contributed by atoms with Gasteiger partial charge in [0, 0.05) is 19.1 Å². The summed E-state index contributed by atoms with van der Waals surface area (Å²) in [6.07, 6.45) is -0.396. The van der Waals surface area contributed by atoms with Crippen molar-refractivity contribution in [1.82, 2.24) is 5.32 Å². The summed E-state index contributed by atoms with van der Waals surface area (Å²) >= 11 is 0. The molecule has 0 unspecified atom stereocenters. The second-order valence-corrected chi connectivity index (χ2v) is 2.45. The summed E-state index contributed by atoms with van der Waals surface area (Å²) in [5, 5.41) is 12.0. The Morgan fingerprint density at radius 2 is 2.11 bits per heavy atom. The minimum absolute atomic E-state index is 0.333. The topological polar surface area (TPSA) is 58.3 Å². The van der Waals surface area contributed by atoms with Gasteiger partial charge in [-0.3, -0.25) is 0 Å². The highest BCUT2D eigenvalue weighted by molar-refractivity contribution is 4.61. The van der Waals surface area contributed by atoms with Crippen LogP contribution in [0.15, 0.2) is 0 Å². The van der Waals surface area contributed by atoms with E-state index in [4.69, 9.17) is 10.8 Å². The fourth-order valence-corrected chi connectivity index (χ4v) is 0.455. The van der Waals surface area contributed by atoms with Crippen molar-refractivity contribution in [2.75, 3.05) is 13.1 Å². The lowest BCUT2D eigenvalue weighted by Crippen LogP contribution is -2.35. The summed E-state index contributed by atoms with van der Waals surface area (Å²) in [4.78, 5) is 0. The number of nitrogens with two attached hydrogens (primary N) is 1. The van der Waals surface area contributed by atoms with E-state index in [1.807, 2.05) is 13.8 Å². The summed E-state index contributed by atoms with van der Waals surface area (Å²) in [6.45, 7) is 4.99. The molecule has 0 radical (unpaired) electrons. The Kier molecular flexibility index (Phi) is 4.67. The fourth-order valence-electron chi connectivity index (χ4n) is 0.455. The van der Waals surface area contributed by atoms with Crippen molar-refractivity contribution in [3.05, 3.63) is 0 Å². The third-order valence-corrected chi connectivity index (χ3v) is 1.03. The Labute approximate surface area is 56.2 Å². The highest BCUT2D eigenvalue weighted by Crippen LogP contribution is 1.78. The third kappa shape index (κ3) is 5.76. The maximum absolute atomic E-state index is 8.92. The van der Waals surface area contributed by atoms with Crippen molar-refractivity contribution in [3.8, 4) is 0 Å². The molecule has 56 valence electrons. The molecule has 0 aromatic rings. The minimum Gasteiger partial charge on any atom is -0.390 e. The van der Waals surface area contributed by atoms with Crippen LogP contribution in [0.3, 0.4) is 0 Å². The molecule has 9 heavy (non-hydrogen) atoms. The summed E-state index contributed by atoms with van der Waals surface area (Å²) in [5.41, 5.74) is 5.17. The third-order valence-electron chi connectivity index (χ3n) is 1.03. The van der Waals surface area contributed by atoms with E-state index >= 15 is 0 Å². The van der Waals surface area contributed by atoms with Gasteiger partial charge in [0.15, 0.2) is 0 Å². The van der Waals surface area contributed by atoms with Gasteiger partial charge in [0.25, 0.3) is 0 Å². The molecule has 0 aromatic heterocycles. The standard InChI is InChI=1S/C6H16N2O/c1-5(2)8-4-6(9)3-7/h5-6,8-9H,3-4,7H2,1-2H3/t6-/m1/s1. The average molecular weight is 132 g/mol. The van der Waals surface area contributed by atoms with Crippen LogP contribution in [-0.2, 0) is 0 Å². The quantitative estimate of drug-likeness (QED) is 0.474. The van der Waals surface area contributed by atoms with Crippen molar-refractivity contribution >= 4 is 0 Å². The van der Waals surface area contributed by atoms with Crippen molar-refractivity contribution in [2.45, 2.75) is 26.0 Å². The smallest absolute Gasteiger partial charge is 0.0786 e. The predicted octanol–water partition coefficient (Wildman–Crippen LogP) is -0.696. The molecule has 1 atom stereocenters. The van der Waals surface area contributed by atoms with Crippen molar-refractivity contribution < 1.29 is 5.11 Å². The van der Waals surface area contributed by atoms with Crippen LogP contribution in [0.2, 0.25) is 0 Å². The van der Waals surface area contributed by atoms with Gasteiger partial charge in [-0.05, 0) is 0 Å². The molecule has 0 saturated heterocycles. The molecular formula is C6H16N2O. The van der Waals surface area contributed by atoms with Gasteiger partial charge in [-0.2, -0.15) is 0 Å². The number of rotatable bonds is 4. The van der Waals surface area contributed by atoms with Crippen molar-refractivity contribution in [1.29, 1.82) is 0 Å². The lowest BCUT2D eigenvalue weighted by atomic mass is 10.3. The van der Waals surface area contributed by atoms with Crippen LogP contribution in [-0.4, -0.2) is 30.3 Å². The molecule has 3 heteroatoms. The van der Waals surface area contributed by atoms with E-state index in [1.54, 1.807) is 0 Å². The number of nitrogens with one attached hydrogen (secondary N) is 1. The molecule has 0 fully saturated rings. The highest BCUT2D eigenvalue weighted by atomic mass is 16.3. The van der Waals surface area contributed by atoms with Crippen LogP contribution < -0.4 is 11.1 Å². The van der Waals surface area contributed by atoms with Crippen LogP contribution in [0.1, 0.15) is 13.8 Å². The Balaban J connectivity index is 3.06. The van der Waals surface area contributed by atoms with Gasteiger partial charge in [-0.25, -0.2) is 0 Å². The van der Waals surface area contributed by atoms with E-state index in [0.717, 1.165) is 0 Å². The van der Waals surface area contributed by atoms with Crippen LogP contribution in [0.4, 0.5) is 0 Å². The van der Waals surface area contributed by atoms with E-state index in [2.05, 4.69) is 5.32 Å². The lowest BCUT2D eigenvalue weighted by molar-refractivity contribution is 0.176. The predicted molar refractivity (Wildman–Crippen MR) is 38.2 cm³/mol. The number of hydrogen-bond donors (Lipinski definition) is 3. The maximum Gasteiger partial charge on any atom is 0.0786 e. The molecule has 3 nitrogen and oxygen atoms in total. The van der Waals surface area contributed by atoms with Crippen molar-refractivity contribution in [3.63, 3.8) is 0 Å². The molecule has 0 spiro atoms. The van der Waals surface area contributed by atoms with E-state index in [-0.39, 0.29) is 0 Å². The Morgan fingerprint density at radius 3 is 2.44 bits per heavy atom. The van der Waals surface area contributed by atoms with Gasteiger partial charge in [0.1, 0.15) is 0 Å². The molecule has 0 saturated carbocycles. The zero-order chi connectivity index (χ0) is 7.28. The second-order valence-electron chi connectivity index (χ2n) is 2.45. The SMILES string of the molecule is CC(C)NC[C@H](O)CN. The Morgan fingerprint density at radius 1 is 1.56 bits per heavy atom. The molecule has 0 rings (SSSR count). The van der Waals surface area contributed by atoms with E-state index < -0.39 is 6.10 Å². The van der Waals surface area contributed by atoms with Gasteiger partial charge in [-0.15, -0.1) is 0 Å². The molecule has 4 N–H and O–H groups in total. The Hall–Kier alpha value is -0.120. The molecular weight excluding hydrogens is 116 g/mol. The first-order valence-electron chi connectivity index (χ1n) is 3.28. The zero-order valence-electron chi connectivity index (χ0n) is 6.09. The van der Waals surface area contributed by atoms with Gasteiger partial charge in [-0.1, -0.05) is 13.8 Å². The Bertz CT molecular complexity index is 66.1. The number of aliphatic hydroxyl groups excluding tert-OH is 1. The molecule has 0 aromatic carbocycles. The van der Waals surface area contributed by atoms with Crippen LogP contribution in [0.5, 0.6) is 0 Å². The summed E-state index contributed by atoms with van der Waals surface area (Å²) < 4.78 is 0. The van der Waals surface area contributed by atoms with E-state index in [0.29, 0.717) is 19.1 Å². The minimum atomic E-state index is -0.396. The highest BCUT2D eigenvalue weighted by Gasteiger charge is 1.99. The average Bonchev–Trinajstić information content (AvgIpc) is 1.83. The summed E-state index contributed by atoms with van der Waals surface area (Å²) in [6, 6.07) is 0.422. The van der Waals surface area contributed by atoms with Crippen LogP contribution in [0, 0.1) is 0 Å². The van der Waals surface area contributed by atoms with Gasteiger partial charge in [0.2, 0.25) is 0 Å². The largest absolute Gasteiger partial charge is 0.390 e. The second kappa shape index (κ2) is 4.73. The molecule has 0 aliphatic carbocycles. The molecule has 0 aliphatic rings.